The molecule has 1 amide bonds. The summed E-state index contributed by atoms with van der Waals surface area (Å²) in [6.45, 7) is 1.88. The molecule has 0 aliphatic carbocycles. The van der Waals surface area contributed by atoms with Gasteiger partial charge in [0, 0.05) is 17.3 Å². The van der Waals surface area contributed by atoms with Crippen LogP contribution in [0.1, 0.15) is 15.9 Å². The van der Waals surface area contributed by atoms with Crippen molar-refractivity contribution in [1.29, 1.82) is 0 Å². The van der Waals surface area contributed by atoms with Crippen LogP contribution < -0.4 is 10.7 Å². The Morgan fingerprint density at radius 2 is 1.81 bits per heavy atom. The summed E-state index contributed by atoms with van der Waals surface area (Å²) in [7, 11) is 0. The third kappa shape index (κ3) is 2.74. The average molecular weight is 364 g/mol. The number of benzene rings is 3. The zero-order valence-corrected chi connectivity index (χ0v) is 14.6. The molecular formula is C21H14ClNO3. The van der Waals surface area contributed by atoms with Crippen LogP contribution in [0.3, 0.4) is 0 Å². The van der Waals surface area contributed by atoms with Crippen LogP contribution in [0, 0.1) is 6.92 Å². The van der Waals surface area contributed by atoms with Gasteiger partial charge in [0.1, 0.15) is 5.58 Å². The lowest BCUT2D eigenvalue weighted by atomic mass is 10.1. The van der Waals surface area contributed by atoms with Crippen LogP contribution in [0.5, 0.6) is 0 Å². The second-order valence-corrected chi connectivity index (χ2v) is 6.43. The Bertz CT molecular complexity index is 1230. The molecule has 0 aliphatic heterocycles. The zero-order chi connectivity index (χ0) is 18.3. The minimum absolute atomic E-state index is 0.152. The zero-order valence-electron chi connectivity index (χ0n) is 13.9. The summed E-state index contributed by atoms with van der Waals surface area (Å²) in [6.07, 6.45) is 0. The van der Waals surface area contributed by atoms with E-state index in [0.29, 0.717) is 38.2 Å². The van der Waals surface area contributed by atoms with Crippen molar-refractivity contribution in [3.05, 3.63) is 87.0 Å². The lowest BCUT2D eigenvalue weighted by molar-refractivity contribution is 0.102. The first-order valence-corrected chi connectivity index (χ1v) is 8.44. The SMILES string of the molecule is Cc1ccccc1C(=O)Nc1ccc2c(=O)c3cccc(Cl)c3oc2c1. The second kappa shape index (κ2) is 6.32. The maximum Gasteiger partial charge on any atom is 0.255 e. The normalized spacial score (nSPS) is 11.0. The quantitative estimate of drug-likeness (QED) is 0.500. The van der Waals surface area contributed by atoms with Gasteiger partial charge in [-0.2, -0.15) is 0 Å². The maximum absolute atomic E-state index is 12.6. The first-order chi connectivity index (χ1) is 12.5. The Hall–Kier alpha value is -3.11. The van der Waals surface area contributed by atoms with E-state index >= 15 is 0 Å². The van der Waals surface area contributed by atoms with Crippen molar-refractivity contribution in [2.24, 2.45) is 0 Å². The van der Waals surface area contributed by atoms with Gasteiger partial charge in [0.2, 0.25) is 5.43 Å². The summed E-state index contributed by atoms with van der Waals surface area (Å²) in [5, 5.41) is 4.08. The van der Waals surface area contributed by atoms with Crippen LogP contribution in [-0.4, -0.2) is 5.91 Å². The van der Waals surface area contributed by atoms with Gasteiger partial charge >= 0.3 is 0 Å². The number of carbonyl (C=O) groups excluding carboxylic acids is 1. The standard InChI is InChI=1S/C21H14ClNO3/c1-12-5-2-3-6-14(12)21(25)23-13-9-10-15-18(11-13)26-20-16(19(15)24)7-4-8-17(20)22/h2-11H,1H3,(H,23,25). The van der Waals surface area contributed by atoms with Gasteiger partial charge in [-0.25, -0.2) is 0 Å². The topological polar surface area (TPSA) is 59.3 Å². The number of fused-ring (bicyclic) bond motifs is 2. The van der Waals surface area contributed by atoms with Crippen LogP contribution in [0.2, 0.25) is 5.02 Å². The Balaban J connectivity index is 1.79. The molecule has 1 N–H and O–H groups in total. The highest BCUT2D eigenvalue weighted by atomic mass is 35.5. The fourth-order valence-electron chi connectivity index (χ4n) is 2.94. The predicted molar refractivity (Wildman–Crippen MR) is 104 cm³/mol. The van der Waals surface area contributed by atoms with E-state index in [1.54, 1.807) is 42.5 Å². The van der Waals surface area contributed by atoms with E-state index in [2.05, 4.69) is 5.32 Å². The summed E-state index contributed by atoms with van der Waals surface area (Å²) < 4.78 is 5.83. The van der Waals surface area contributed by atoms with Crippen molar-refractivity contribution >= 4 is 45.1 Å². The molecule has 1 heterocycles. The summed E-state index contributed by atoms with van der Waals surface area (Å²) >= 11 is 6.15. The van der Waals surface area contributed by atoms with Gasteiger partial charge in [-0.05, 0) is 42.8 Å². The largest absolute Gasteiger partial charge is 0.454 e. The Labute approximate surface area is 154 Å². The van der Waals surface area contributed by atoms with Crippen molar-refractivity contribution in [3.8, 4) is 0 Å². The van der Waals surface area contributed by atoms with E-state index < -0.39 is 0 Å². The lowest BCUT2D eigenvalue weighted by Crippen LogP contribution is -2.13. The van der Waals surface area contributed by atoms with Gasteiger partial charge in [-0.3, -0.25) is 9.59 Å². The number of anilines is 1. The van der Waals surface area contributed by atoms with Gasteiger partial charge in [-0.1, -0.05) is 35.9 Å². The molecular weight excluding hydrogens is 350 g/mol. The number of nitrogens with one attached hydrogen (secondary N) is 1. The molecule has 0 saturated heterocycles. The molecule has 5 heteroatoms. The Morgan fingerprint density at radius 1 is 1.00 bits per heavy atom. The molecule has 1 aromatic heterocycles. The molecule has 3 aromatic carbocycles. The predicted octanol–water partition coefficient (Wildman–Crippen LogP) is 5.16. The van der Waals surface area contributed by atoms with Gasteiger partial charge in [0.05, 0.1) is 15.8 Å². The van der Waals surface area contributed by atoms with Crippen molar-refractivity contribution in [1.82, 2.24) is 0 Å². The van der Waals surface area contributed by atoms with Crippen molar-refractivity contribution in [3.63, 3.8) is 0 Å². The van der Waals surface area contributed by atoms with Crippen molar-refractivity contribution in [2.75, 3.05) is 5.32 Å². The monoisotopic (exact) mass is 363 g/mol. The second-order valence-electron chi connectivity index (χ2n) is 6.03. The first-order valence-electron chi connectivity index (χ1n) is 8.06. The Morgan fingerprint density at radius 3 is 2.62 bits per heavy atom. The molecule has 4 nitrogen and oxygen atoms in total. The molecule has 4 aromatic rings. The molecule has 0 atom stereocenters. The summed E-state index contributed by atoms with van der Waals surface area (Å²) in [5.41, 5.74) is 2.58. The molecule has 0 unspecified atom stereocenters. The number of hydrogen-bond acceptors (Lipinski definition) is 3. The minimum Gasteiger partial charge on any atom is -0.454 e. The number of carbonyl (C=O) groups is 1. The highest BCUT2D eigenvalue weighted by molar-refractivity contribution is 6.34. The number of hydrogen-bond donors (Lipinski definition) is 1. The fraction of sp³-hybridized carbons (Fsp3) is 0.0476. The molecule has 0 saturated carbocycles. The molecule has 0 radical (unpaired) electrons. The van der Waals surface area contributed by atoms with Gasteiger partial charge in [0.15, 0.2) is 5.58 Å². The van der Waals surface area contributed by atoms with Crippen LogP contribution in [0.4, 0.5) is 5.69 Å². The van der Waals surface area contributed by atoms with Crippen molar-refractivity contribution < 1.29 is 9.21 Å². The molecule has 26 heavy (non-hydrogen) atoms. The van der Waals surface area contributed by atoms with Crippen LogP contribution >= 0.6 is 11.6 Å². The average Bonchev–Trinajstić information content (AvgIpc) is 2.63. The van der Waals surface area contributed by atoms with E-state index in [4.69, 9.17) is 16.0 Å². The number of aryl methyl sites for hydroxylation is 1. The van der Waals surface area contributed by atoms with Crippen LogP contribution in [0.25, 0.3) is 21.9 Å². The van der Waals surface area contributed by atoms with E-state index in [1.165, 1.54) is 0 Å². The van der Waals surface area contributed by atoms with Gasteiger partial charge in [-0.15, -0.1) is 0 Å². The highest BCUT2D eigenvalue weighted by Gasteiger charge is 2.12. The molecule has 0 spiro atoms. The highest BCUT2D eigenvalue weighted by Crippen LogP contribution is 2.26. The van der Waals surface area contributed by atoms with Gasteiger partial charge < -0.3 is 9.73 Å². The third-order valence-corrected chi connectivity index (χ3v) is 4.60. The third-order valence-electron chi connectivity index (χ3n) is 4.30. The van der Waals surface area contributed by atoms with E-state index in [1.807, 2.05) is 25.1 Å². The number of amides is 1. The van der Waals surface area contributed by atoms with Gasteiger partial charge in [0.25, 0.3) is 5.91 Å². The molecule has 0 fully saturated rings. The number of halogens is 1. The summed E-state index contributed by atoms with van der Waals surface area (Å²) in [4.78, 5) is 25.1. The minimum atomic E-state index is -0.219. The molecule has 0 bridgehead atoms. The molecule has 4 rings (SSSR count). The molecule has 128 valence electrons. The first kappa shape index (κ1) is 16.4. The Kier molecular flexibility index (Phi) is 3.98. The smallest absolute Gasteiger partial charge is 0.255 e. The lowest BCUT2D eigenvalue weighted by Gasteiger charge is -2.09. The number of rotatable bonds is 2. The summed E-state index contributed by atoms with van der Waals surface area (Å²) in [5.74, 6) is -0.219. The van der Waals surface area contributed by atoms with E-state index in [9.17, 15) is 9.59 Å². The molecule has 0 aliphatic rings. The van der Waals surface area contributed by atoms with E-state index in [0.717, 1.165) is 5.56 Å². The van der Waals surface area contributed by atoms with Crippen LogP contribution in [0.15, 0.2) is 69.9 Å². The van der Waals surface area contributed by atoms with Crippen molar-refractivity contribution in [2.45, 2.75) is 6.92 Å². The van der Waals surface area contributed by atoms with E-state index in [-0.39, 0.29) is 11.3 Å². The number of para-hydroxylation sites is 1. The fourth-order valence-corrected chi connectivity index (χ4v) is 3.16. The van der Waals surface area contributed by atoms with Crippen LogP contribution in [-0.2, 0) is 0 Å². The maximum atomic E-state index is 12.6. The summed E-state index contributed by atoms with van der Waals surface area (Å²) in [6, 6.07) is 17.4.